The van der Waals surface area contributed by atoms with Crippen LogP contribution >= 0.6 is 0 Å². The molecule has 0 heterocycles. The zero-order valence-electron chi connectivity index (χ0n) is 8.08. The molecular formula is C11H11F2O2. The molecule has 0 N–H and O–H groups in total. The molecule has 1 aromatic rings. The zero-order chi connectivity index (χ0) is 10.7. The van der Waals surface area contributed by atoms with Crippen molar-refractivity contribution in [2.24, 2.45) is 5.92 Å². The minimum atomic E-state index is -2.83. The highest BCUT2D eigenvalue weighted by molar-refractivity contribution is 5.38. The minimum Gasteiger partial charge on any atom is -0.489 e. The lowest BCUT2D eigenvalue weighted by molar-refractivity contribution is -0.0515. The molecule has 2 rings (SSSR count). The van der Waals surface area contributed by atoms with Gasteiger partial charge in [-0.1, -0.05) is 12.1 Å². The van der Waals surface area contributed by atoms with E-state index in [0.717, 1.165) is 12.8 Å². The maximum Gasteiger partial charge on any atom is 0.387 e. The van der Waals surface area contributed by atoms with Crippen LogP contribution in [0, 0.1) is 12.0 Å². The van der Waals surface area contributed by atoms with Crippen LogP contribution in [0.15, 0.2) is 18.2 Å². The van der Waals surface area contributed by atoms with Crippen LogP contribution in [-0.4, -0.2) is 13.2 Å². The summed E-state index contributed by atoms with van der Waals surface area (Å²) >= 11 is 0. The third-order valence-electron chi connectivity index (χ3n) is 2.16. The molecule has 2 nitrogen and oxygen atoms in total. The normalized spacial score (nSPS) is 15.4. The molecule has 81 valence electrons. The van der Waals surface area contributed by atoms with Crippen LogP contribution in [0.4, 0.5) is 8.78 Å². The maximum atomic E-state index is 12.0. The van der Waals surface area contributed by atoms with Crippen LogP contribution in [0.25, 0.3) is 0 Å². The van der Waals surface area contributed by atoms with Crippen molar-refractivity contribution in [2.45, 2.75) is 19.5 Å². The third-order valence-corrected chi connectivity index (χ3v) is 2.16. The second-order valence-corrected chi connectivity index (χ2v) is 3.50. The second-order valence-electron chi connectivity index (χ2n) is 3.50. The maximum absolute atomic E-state index is 12.0. The highest BCUT2D eigenvalue weighted by atomic mass is 19.3. The number of ether oxygens (including phenoxy) is 2. The lowest BCUT2D eigenvalue weighted by Crippen LogP contribution is -2.05. The number of para-hydroxylation sites is 1. The Labute approximate surface area is 86.8 Å². The molecule has 0 spiro atoms. The van der Waals surface area contributed by atoms with Gasteiger partial charge in [-0.3, -0.25) is 0 Å². The van der Waals surface area contributed by atoms with Gasteiger partial charge in [-0.05, 0) is 24.8 Å². The second kappa shape index (κ2) is 4.47. The smallest absolute Gasteiger partial charge is 0.387 e. The van der Waals surface area contributed by atoms with E-state index in [0.29, 0.717) is 12.5 Å². The average Bonchev–Trinajstić information content (AvgIpc) is 2.99. The molecule has 1 radical (unpaired) electrons. The summed E-state index contributed by atoms with van der Waals surface area (Å²) in [5.41, 5.74) is 0. The van der Waals surface area contributed by atoms with Crippen molar-refractivity contribution in [1.82, 2.24) is 0 Å². The van der Waals surface area contributed by atoms with E-state index in [-0.39, 0.29) is 11.5 Å². The van der Waals surface area contributed by atoms with Crippen molar-refractivity contribution in [1.29, 1.82) is 0 Å². The summed E-state index contributed by atoms with van der Waals surface area (Å²) in [6.45, 7) is -2.27. The van der Waals surface area contributed by atoms with Crippen molar-refractivity contribution in [3.05, 3.63) is 24.3 Å². The molecular weight excluding hydrogens is 202 g/mol. The van der Waals surface area contributed by atoms with Gasteiger partial charge >= 0.3 is 6.61 Å². The summed E-state index contributed by atoms with van der Waals surface area (Å²) in [7, 11) is 0. The number of rotatable bonds is 5. The minimum absolute atomic E-state index is 0.0492. The average molecular weight is 213 g/mol. The molecule has 0 atom stereocenters. The number of alkyl halides is 2. The Morgan fingerprint density at radius 1 is 1.47 bits per heavy atom. The monoisotopic (exact) mass is 213 g/mol. The number of hydrogen-bond acceptors (Lipinski definition) is 2. The van der Waals surface area contributed by atoms with Crippen molar-refractivity contribution >= 4 is 0 Å². The summed E-state index contributed by atoms with van der Waals surface area (Å²) in [4.78, 5) is 0. The quantitative estimate of drug-likeness (QED) is 0.748. The van der Waals surface area contributed by atoms with Gasteiger partial charge in [0.25, 0.3) is 0 Å². The molecule has 0 amide bonds. The van der Waals surface area contributed by atoms with Crippen LogP contribution in [0.2, 0.25) is 0 Å². The number of hydrogen-bond donors (Lipinski definition) is 0. The summed E-state index contributed by atoms with van der Waals surface area (Å²) in [5.74, 6) is 0.885. The van der Waals surface area contributed by atoms with Gasteiger partial charge in [-0.15, -0.1) is 0 Å². The Morgan fingerprint density at radius 3 is 2.93 bits per heavy atom. The first-order valence-corrected chi connectivity index (χ1v) is 4.84. The van der Waals surface area contributed by atoms with Gasteiger partial charge in [-0.2, -0.15) is 8.78 Å². The van der Waals surface area contributed by atoms with Crippen LogP contribution in [-0.2, 0) is 0 Å². The molecule has 0 aliphatic heterocycles. The van der Waals surface area contributed by atoms with Gasteiger partial charge in [0, 0.05) is 6.07 Å². The summed E-state index contributed by atoms with van der Waals surface area (Å²) < 4.78 is 33.7. The fourth-order valence-corrected chi connectivity index (χ4v) is 1.19. The van der Waals surface area contributed by atoms with Crippen molar-refractivity contribution in [3.8, 4) is 11.5 Å². The summed E-state index contributed by atoms with van der Waals surface area (Å²) in [6.07, 6.45) is 2.30. The van der Waals surface area contributed by atoms with Crippen molar-refractivity contribution in [3.63, 3.8) is 0 Å². The predicted octanol–water partition coefficient (Wildman–Crippen LogP) is 2.88. The topological polar surface area (TPSA) is 18.5 Å². The molecule has 0 unspecified atom stereocenters. The first-order valence-electron chi connectivity index (χ1n) is 4.84. The van der Waals surface area contributed by atoms with E-state index in [1.807, 2.05) is 0 Å². The van der Waals surface area contributed by atoms with E-state index in [2.05, 4.69) is 10.8 Å². The molecule has 0 saturated heterocycles. The highest BCUT2D eigenvalue weighted by Crippen LogP contribution is 2.32. The van der Waals surface area contributed by atoms with Gasteiger partial charge < -0.3 is 9.47 Å². The SMILES string of the molecule is FC(F)Oc1ccc[c]c1OCC1CC1. The van der Waals surface area contributed by atoms with Crippen LogP contribution in [0.1, 0.15) is 12.8 Å². The highest BCUT2D eigenvalue weighted by Gasteiger charge is 2.22. The lowest BCUT2D eigenvalue weighted by Gasteiger charge is -2.10. The van der Waals surface area contributed by atoms with E-state index in [1.54, 1.807) is 12.1 Å². The molecule has 15 heavy (non-hydrogen) atoms. The first kappa shape index (κ1) is 10.2. The summed E-state index contributed by atoms with van der Waals surface area (Å²) in [6, 6.07) is 7.39. The lowest BCUT2D eigenvalue weighted by atomic mass is 10.3. The molecule has 1 fully saturated rings. The van der Waals surface area contributed by atoms with Crippen LogP contribution < -0.4 is 9.47 Å². The molecule has 4 heteroatoms. The third kappa shape index (κ3) is 3.08. The molecule has 1 aliphatic rings. The number of halogens is 2. The zero-order valence-corrected chi connectivity index (χ0v) is 8.08. The molecule has 1 saturated carbocycles. The predicted molar refractivity (Wildman–Crippen MR) is 50.1 cm³/mol. The van der Waals surface area contributed by atoms with Gasteiger partial charge in [-0.25, -0.2) is 0 Å². The Morgan fingerprint density at radius 2 is 2.27 bits per heavy atom. The Bertz CT molecular complexity index is 324. The first-order chi connectivity index (χ1) is 7.25. The van der Waals surface area contributed by atoms with Gasteiger partial charge in [0.15, 0.2) is 11.5 Å². The number of benzene rings is 1. The van der Waals surface area contributed by atoms with Crippen LogP contribution in [0.5, 0.6) is 11.5 Å². The standard InChI is InChI=1S/C11H11F2O2/c12-11(13)15-10-4-2-1-3-9(10)14-7-8-5-6-8/h1-2,4,8,11H,5-7H2. The van der Waals surface area contributed by atoms with Gasteiger partial charge in [0.2, 0.25) is 0 Å². The van der Waals surface area contributed by atoms with E-state index in [9.17, 15) is 8.78 Å². The fraction of sp³-hybridized carbons (Fsp3) is 0.455. The van der Waals surface area contributed by atoms with Gasteiger partial charge in [0.05, 0.1) is 6.61 Å². The molecule has 0 aromatic heterocycles. The fourth-order valence-electron chi connectivity index (χ4n) is 1.19. The van der Waals surface area contributed by atoms with E-state index >= 15 is 0 Å². The van der Waals surface area contributed by atoms with Crippen molar-refractivity contribution in [2.75, 3.05) is 6.61 Å². The van der Waals surface area contributed by atoms with E-state index in [4.69, 9.17) is 4.74 Å². The Balaban J connectivity index is 1.99. The molecule has 1 aliphatic carbocycles. The Kier molecular flexibility index (Phi) is 3.04. The van der Waals surface area contributed by atoms with E-state index in [1.165, 1.54) is 6.07 Å². The summed E-state index contributed by atoms with van der Waals surface area (Å²) in [5, 5.41) is 0. The molecule has 0 bridgehead atoms. The van der Waals surface area contributed by atoms with Crippen molar-refractivity contribution < 1.29 is 18.3 Å². The molecule has 1 aromatic carbocycles. The van der Waals surface area contributed by atoms with Crippen LogP contribution in [0.3, 0.4) is 0 Å². The van der Waals surface area contributed by atoms with Gasteiger partial charge in [0.1, 0.15) is 0 Å². The Hall–Kier alpha value is -1.32. The largest absolute Gasteiger partial charge is 0.489 e. The van der Waals surface area contributed by atoms with E-state index < -0.39 is 6.61 Å².